The first-order valence-electron chi connectivity index (χ1n) is 5.11. The second-order valence-corrected chi connectivity index (χ2v) is 3.41. The van der Waals surface area contributed by atoms with E-state index in [4.69, 9.17) is 9.84 Å². The van der Waals surface area contributed by atoms with Gasteiger partial charge in [-0.15, -0.1) is 0 Å². The van der Waals surface area contributed by atoms with E-state index in [1.807, 2.05) is 12.1 Å². The molecule has 0 saturated carbocycles. The molecule has 0 unspecified atom stereocenters. The van der Waals surface area contributed by atoms with Crippen LogP contribution < -0.4 is 4.74 Å². The van der Waals surface area contributed by atoms with Gasteiger partial charge in [0.2, 0.25) is 0 Å². The number of hydrogen-bond acceptors (Lipinski definition) is 2. The first kappa shape index (κ1) is 11.1. The van der Waals surface area contributed by atoms with Gasteiger partial charge in [0.1, 0.15) is 12.4 Å². The molecule has 0 aliphatic heterocycles. The highest BCUT2D eigenvalue weighted by Gasteiger charge is 1.99. The van der Waals surface area contributed by atoms with Gasteiger partial charge in [0.15, 0.2) is 0 Å². The van der Waals surface area contributed by atoms with Crippen molar-refractivity contribution in [2.24, 2.45) is 0 Å². The fourth-order valence-corrected chi connectivity index (χ4v) is 1.47. The minimum Gasteiger partial charge on any atom is -0.491 e. The summed E-state index contributed by atoms with van der Waals surface area (Å²) in [7, 11) is 0. The molecule has 0 spiro atoms. The molecule has 2 heteroatoms. The Hall–Kier alpha value is -1.02. The molecule has 0 aliphatic rings. The zero-order valence-corrected chi connectivity index (χ0v) is 8.92. The molecular formula is C12H18O2. The zero-order chi connectivity index (χ0) is 10.4. The minimum atomic E-state index is 0.0652. The summed E-state index contributed by atoms with van der Waals surface area (Å²) in [5.74, 6) is 0.844. The number of aryl methyl sites for hydroxylation is 2. The van der Waals surface area contributed by atoms with Crippen LogP contribution in [0, 0.1) is 6.92 Å². The molecule has 78 valence electrons. The number of aliphatic hydroxyl groups is 1. The third kappa shape index (κ3) is 3.04. The maximum atomic E-state index is 8.61. The molecule has 14 heavy (non-hydrogen) atoms. The van der Waals surface area contributed by atoms with Crippen LogP contribution in [0.4, 0.5) is 0 Å². The molecule has 0 fully saturated rings. The van der Waals surface area contributed by atoms with Gasteiger partial charge in [-0.25, -0.2) is 0 Å². The summed E-state index contributed by atoms with van der Waals surface area (Å²) >= 11 is 0. The van der Waals surface area contributed by atoms with Crippen LogP contribution in [0.5, 0.6) is 5.75 Å². The van der Waals surface area contributed by atoms with Crippen LogP contribution in [0.1, 0.15) is 24.5 Å². The fraction of sp³-hybridized carbons (Fsp3) is 0.500. The molecule has 0 bridgehead atoms. The van der Waals surface area contributed by atoms with Crippen LogP contribution in [-0.2, 0) is 6.42 Å². The minimum absolute atomic E-state index is 0.0652. The van der Waals surface area contributed by atoms with Crippen LogP contribution in [0.2, 0.25) is 0 Å². The standard InChI is InChI=1S/C12H18O2/c1-3-4-11-5-6-12(9-10(11)2)14-8-7-13/h5-6,9,13H,3-4,7-8H2,1-2H3. The van der Waals surface area contributed by atoms with E-state index in [9.17, 15) is 0 Å². The maximum Gasteiger partial charge on any atom is 0.119 e. The van der Waals surface area contributed by atoms with Crippen molar-refractivity contribution in [2.45, 2.75) is 26.7 Å². The smallest absolute Gasteiger partial charge is 0.119 e. The van der Waals surface area contributed by atoms with Crippen molar-refractivity contribution < 1.29 is 9.84 Å². The van der Waals surface area contributed by atoms with Gasteiger partial charge in [0, 0.05) is 0 Å². The van der Waals surface area contributed by atoms with Gasteiger partial charge >= 0.3 is 0 Å². The quantitative estimate of drug-likeness (QED) is 0.779. The van der Waals surface area contributed by atoms with Crippen LogP contribution >= 0.6 is 0 Å². The van der Waals surface area contributed by atoms with Crippen LogP contribution in [0.25, 0.3) is 0 Å². The molecule has 0 saturated heterocycles. The van der Waals surface area contributed by atoms with Gasteiger partial charge in [0.05, 0.1) is 6.61 Å². The van der Waals surface area contributed by atoms with Crippen molar-refractivity contribution in [1.82, 2.24) is 0 Å². The molecule has 2 nitrogen and oxygen atoms in total. The van der Waals surface area contributed by atoms with Gasteiger partial charge in [-0.05, 0) is 36.6 Å². The first-order valence-corrected chi connectivity index (χ1v) is 5.11. The summed E-state index contributed by atoms with van der Waals surface area (Å²) in [6.07, 6.45) is 2.28. The predicted molar refractivity (Wildman–Crippen MR) is 57.8 cm³/mol. The molecule has 1 N–H and O–H groups in total. The lowest BCUT2D eigenvalue weighted by Crippen LogP contribution is -2.02. The Morgan fingerprint density at radius 2 is 2.14 bits per heavy atom. The van der Waals surface area contributed by atoms with Crippen molar-refractivity contribution in [1.29, 1.82) is 0 Å². The van der Waals surface area contributed by atoms with Crippen molar-refractivity contribution in [3.8, 4) is 5.75 Å². The lowest BCUT2D eigenvalue weighted by molar-refractivity contribution is 0.201. The van der Waals surface area contributed by atoms with E-state index >= 15 is 0 Å². The lowest BCUT2D eigenvalue weighted by atomic mass is 10.0. The Morgan fingerprint density at radius 1 is 1.36 bits per heavy atom. The summed E-state index contributed by atoms with van der Waals surface area (Å²) in [4.78, 5) is 0. The van der Waals surface area contributed by atoms with Crippen LogP contribution in [0.15, 0.2) is 18.2 Å². The third-order valence-corrected chi connectivity index (χ3v) is 2.19. The van der Waals surface area contributed by atoms with Gasteiger partial charge in [-0.2, -0.15) is 0 Å². The molecule has 0 heterocycles. The second-order valence-electron chi connectivity index (χ2n) is 3.41. The van der Waals surface area contributed by atoms with E-state index in [1.165, 1.54) is 11.1 Å². The van der Waals surface area contributed by atoms with Crippen molar-refractivity contribution in [3.05, 3.63) is 29.3 Å². The average molecular weight is 194 g/mol. The molecule has 0 aliphatic carbocycles. The molecular weight excluding hydrogens is 176 g/mol. The average Bonchev–Trinajstić information content (AvgIpc) is 2.19. The summed E-state index contributed by atoms with van der Waals surface area (Å²) in [6, 6.07) is 6.10. The summed E-state index contributed by atoms with van der Waals surface area (Å²) in [6.45, 7) is 4.70. The third-order valence-electron chi connectivity index (χ3n) is 2.19. The molecule has 1 rings (SSSR count). The SMILES string of the molecule is CCCc1ccc(OCCO)cc1C. The van der Waals surface area contributed by atoms with Gasteiger partial charge in [0.25, 0.3) is 0 Å². The van der Waals surface area contributed by atoms with E-state index in [2.05, 4.69) is 19.9 Å². The molecule has 0 atom stereocenters. The molecule has 0 radical (unpaired) electrons. The van der Waals surface area contributed by atoms with E-state index in [0.717, 1.165) is 18.6 Å². The highest BCUT2D eigenvalue weighted by Crippen LogP contribution is 2.18. The zero-order valence-electron chi connectivity index (χ0n) is 8.92. The Bertz CT molecular complexity index is 282. The fourth-order valence-electron chi connectivity index (χ4n) is 1.47. The first-order chi connectivity index (χ1) is 6.77. The van der Waals surface area contributed by atoms with Crippen LogP contribution in [0.3, 0.4) is 0 Å². The predicted octanol–water partition coefficient (Wildman–Crippen LogP) is 2.32. The van der Waals surface area contributed by atoms with Gasteiger partial charge in [-0.3, -0.25) is 0 Å². The number of benzene rings is 1. The van der Waals surface area contributed by atoms with E-state index in [-0.39, 0.29) is 6.61 Å². The van der Waals surface area contributed by atoms with Crippen molar-refractivity contribution in [3.63, 3.8) is 0 Å². The molecule has 0 aromatic heterocycles. The maximum absolute atomic E-state index is 8.61. The van der Waals surface area contributed by atoms with Crippen molar-refractivity contribution in [2.75, 3.05) is 13.2 Å². The molecule has 0 amide bonds. The normalized spacial score (nSPS) is 10.2. The number of hydrogen-bond donors (Lipinski definition) is 1. The Morgan fingerprint density at radius 3 is 2.71 bits per heavy atom. The Kier molecular flexibility index (Phi) is 4.47. The Labute approximate surface area is 85.5 Å². The van der Waals surface area contributed by atoms with Gasteiger partial charge < -0.3 is 9.84 Å². The summed E-state index contributed by atoms with van der Waals surface area (Å²) in [5, 5.41) is 8.61. The highest BCUT2D eigenvalue weighted by molar-refractivity contribution is 5.34. The van der Waals surface area contributed by atoms with Crippen LogP contribution in [-0.4, -0.2) is 18.3 Å². The van der Waals surface area contributed by atoms with E-state index in [1.54, 1.807) is 0 Å². The van der Waals surface area contributed by atoms with Gasteiger partial charge in [-0.1, -0.05) is 19.4 Å². The Balaban J connectivity index is 2.68. The monoisotopic (exact) mass is 194 g/mol. The highest BCUT2D eigenvalue weighted by atomic mass is 16.5. The van der Waals surface area contributed by atoms with Crippen molar-refractivity contribution >= 4 is 0 Å². The topological polar surface area (TPSA) is 29.5 Å². The number of aliphatic hydroxyl groups excluding tert-OH is 1. The number of rotatable bonds is 5. The lowest BCUT2D eigenvalue weighted by Gasteiger charge is -2.08. The largest absolute Gasteiger partial charge is 0.491 e. The molecule has 1 aromatic carbocycles. The second kappa shape index (κ2) is 5.66. The summed E-state index contributed by atoms with van der Waals surface area (Å²) < 4.78 is 5.32. The van der Waals surface area contributed by atoms with E-state index < -0.39 is 0 Å². The number of ether oxygens (including phenoxy) is 1. The summed E-state index contributed by atoms with van der Waals surface area (Å²) in [5.41, 5.74) is 2.64. The molecule has 1 aromatic rings. The van der Waals surface area contributed by atoms with E-state index in [0.29, 0.717) is 6.61 Å².